The zero-order valence-electron chi connectivity index (χ0n) is 12.9. The Hall–Kier alpha value is -1.87. The topological polar surface area (TPSA) is 56.5 Å². The van der Waals surface area contributed by atoms with Crippen LogP contribution in [0.1, 0.15) is 30.0 Å². The molecule has 0 radical (unpaired) electrons. The Bertz CT molecular complexity index is 649. The molecule has 1 aromatic heterocycles. The van der Waals surface area contributed by atoms with Crippen LogP contribution in [0.4, 0.5) is 0 Å². The quantitative estimate of drug-likeness (QED) is 0.885. The average Bonchev–Trinajstić information content (AvgIpc) is 3.24. The number of aliphatic hydroxyl groups excluding tert-OH is 1. The number of β-amino-alcohol motifs (C(OH)–C–C–N with tert-alkyl or cyclic N) is 1. The summed E-state index contributed by atoms with van der Waals surface area (Å²) in [6.07, 6.45) is 1.80. The zero-order valence-corrected chi connectivity index (χ0v) is 13.7. The Balaban J connectivity index is 1.50. The lowest BCUT2D eigenvalue weighted by Crippen LogP contribution is -2.35. The number of ether oxygens (including phenoxy) is 1. The molecule has 120 valence electrons. The minimum Gasteiger partial charge on any atom is -0.491 e. The van der Waals surface area contributed by atoms with Crippen LogP contribution in [0.2, 0.25) is 0 Å². The highest BCUT2D eigenvalue weighted by atomic mass is 32.1. The standard InChI is InChI=1S/C18H20N2O2S/c19-10-14-3-5-17(6-4-14)22-12-16(21)11-20-8-1-2-18(20)15-7-9-23-13-15/h3-7,9,13,16,18,21H,1-2,8,11-12H2/t16-,18+/m0/s1. The first kappa shape index (κ1) is 16.0. The molecule has 2 heterocycles. The Kier molecular flexibility index (Phi) is 5.29. The van der Waals surface area contributed by atoms with E-state index in [0.29, 0.717) is 23.9 Å². The molecule has 0 saturated carbocycles. The SMILES string of the molecule is N#Cc1ccc(OC[C@@H](O)CN2CCC[C@@H]2c2ccsc2)cc1. The molecular formula is C18H20N2O2S. The summed E-state index contributed by atoms with van der Waals surface area (Å²) in [5, 5.41) is 23.3. The molecule has 1 aliphatic heterocycles. The van der Waals surface area contributed by atoms with Crippen molar-refractivity contribution in [1.29, 1.82) is 5.26 Å². The smallest absolute Gasteiger partial charge is 0.119 e. The zero-order chi connectivity index (χ0) is 16.1. The van der Waals surface area contributed by atoms with Crippen molar-refractivity contribution in [3.05, 3.63) is 52.2 Å². The lowest BCUT2D eigenvalue weighted by Gasteiger charge is -2.26. The molecule has 0 spiro atoms. The molecule has 2 atom stereocenters. The fourth-order valence-electron chi connectivity index (χ4n) is 3.03. The number of hydrogen-bond donors (Lipinski definition) is 1. The second-order valence-corrected chi connectivity index (χ2v) is 6.59. The number of likely N-dealkylation sites (tertiary alicyclic amines) is 1. The van der Waals surface area contributed by atoms with Crippen LogP contribution in [0.15, 0.2) is 41.1 Å². The molecule has 1 fully saturated rings. The van der Waals surface area contributed by atoms with Gasteiger partial charge in [0.15, 0.2) is 0 Å². The van der Waals surface area contributed by atoms with Crippen LogP contribution in [0, 0.1) is 11.3 Å². The summed E-state index contributed by atoms with van der Waals surface area (Å²) in [7, 11) is 0. The van der Waals surface area contributed by atoms with Gasteiger partial charge in [0.25, 0.3) is 0 Å². The Morgan fingerprint density at radius 3 is 2.87 bits per heavy atom. The van der Waals surface area contributed by atoms with Gasteiger partial charge in [0, 0.05) is 12.6 Å². The average molecular weight is 328 g/mol. The Morgan fingerprint density at radius 2 is 2.17 bits per heavy atom. The lowest BCUT2D eigenvalue weighted by atomic mass is 10.1. The summed E-state index contributed by atoms with van der Waals surface area (Å²) in [6.45, 7) is 1.91. The van der Waals surface area contributed by atoms with Gasteiger partial charge in [-0.25, -0.2) is 0 Å². The molecule has 0 bridgehead atoms. The second kappa shape index (κ2) is 7.60. The molecule has 0 unspecified atom stereocenters. The minimum atomic E-state index is -0.523. The van der Waals surface area contributed by atoms with Crippen LogP contribution < -0.4 is 4.74 Å². The van der Waals surface area contributed by atoms with Crippen LogP contribution in [-0.2, 0) is 0 Å². The van der Waals surface area contributed by atoms with Gasteiger partial charge in [-0.05, 0) is 66.0 Å². The number of thiophene rings is 1. The fourth-order valence-corrected chi connectivity index (χ4v) is 3.74. The molecule has 4 nitrogen and oxygen atoms in total. The number of benzene rings is 1. The van der Waals surface area contributed by atoms with Crippen LogP contribution >= 0.6 is 11.3 Å². The van der Waals surface area contributed by atoms with E-state index in [2.05, 4.69) is 27.8 Å². The van der Waals surface area contributed by atoms with Crippen molar-refractivity contribution in [2.75, 3.05) is 19.7 Å². The van der Waals surface area contributed by atoms with E-state index in [0.717, 1.165) is 13.0 Å². The second-order valence-electron chi connectivity index (χ2n) is 5.81. The van der Waals surface area contributed by atoms with Gasteiger partial charge in [0.1, 0.15) is 18.5 Å². The summed E-state index contributed by atoms with van der Waals surface area (Å²) in [5.74, 6) is 0.679. The molecule has 5 heteroatoms. The first-order chi connectivity index (χ1) is 11.3. The van der Waals surface area contributed by atoms with Crippen molar-refractivity contribution in [3.8, 4) is 11.8 Å². The maximum Gasteiger partial charge on any atom is 0.119 e. The highest BCUT2D eigenvalue weighted by Gasteiger charge is 2.27. The third kappa shape index (κ3) is 4.11. The van der Waals surface area contributed by atoms with E-state index in [1.807, 2.05) is 0 Å². The summed E-state index contributed by atoms with van der Waals surface area (Å²) in [5.41, 5.74) is 1.96. The van der Waals surface area contributed by atoms with Crippen molar-refractivity contribution in [1.82, 2.24) is 4.90 Å². The normalized spacial score (nSPS) is 19.4. The molecule has 1 N–H and O–H groups in total. The van der Waals surface area contributed by atoms with E-state index >= 15 is 0 Å². The maximum atomic E-state index is 10.3. The predicted octanol–water partition coefficient (Wildman–Crippen LogP) is 3.20. The third-order valence-corrected chi connectivity index (χ3v) is 4.86. The van der Waals surface area contributed by atoms with Crippen molar-refractivity contribution >= 4 is 11.3 Å². The number of nitrogens with zero attached hydrogens (tertiary/aromatic N) is 2. The first-order valence-electron chi connectivity index (χ1n) is 7.83. The molecule has 0 amide bonds. The molecule has 1 saturated heterocycles. The van der Waals surface area contributed by atoms with Crippen LogP contribution in [0.5, 0.6) is 5.75 Å². The van der Waals surface area contributed by atoms with Gasteiger partial charge in [-0.3, -0.25) is 4.90 Å². The Labute approximate surface area is 140 Å². The van der Waals surface area contributed by atoms with Gasteiger partial charge in [-0.2, -0.15) is 16.6 Å². The van der Waals surface area contributed by atoms with Gasteiger partial charge in [0.05, 0.1) is 11.6 Å². The van der Waals surface area contributed by atoms with Crippen LogP contribution in [-0.4, -0.2) is 35.8 Å². The van der Waals surface area contributed by atoms with E-state index in [-0.39, 0.29) is 6.61 Å². The molecule has 23 heavy (non-hydrogen) atoms. The van der Waals surface area contributed by atoms with Crippen LogP contribution in [0.3, 0.4) is 0 Å². The minimum absolute atomic E-state index is 0.263. The molecule has 1 aliphatic rings. The summed E-state index contributed by atoms with van der Waals surface area (Å²) >= 11 is 1.72. The van der Waals surface area contributed by atoms with Crippen molar-refractivity contribution in [2.45, 2.75) is 25.0 Å². The van der Waals surface area contributed by atoms with Gasteiger partial charge in [0.2, 0.25) is 0 Å². The highest BCUT2D eigenvalue weighted by Crippen LogP contribution is 2.32. The monoisotopic (exact) mass is 328 g/mol. The first-order valence-corrected chi connectivity index (χ1v) is 8.77. The number of hydrogen-bond acceptors (Lipinski definition) is 5. The summed E-state index contributed by atoms with van der Waals surface area (Å²) in [6, 6.07) is 11.6. The maximum absolute atomic E-state index is 10.3. The van der Waals surface area contributed by atoms with Crippen molar-refractivity contribution in [3.63, 3.8) is 0 Å². The van der Waals surface area contributed by atoms with Gasteiger partial charge in [-0.15, -0.1) is 0 Å². The number of rotatable bonds is 6. The van der Waals surface area contributed by atoms with E-state index in [4.69, 9.17) is 10.00 Å². The summed E-state index contributed by atoms with van der Waals surface area (Å²) < 4.78 is 5.62. The van der Waals surface area contributed by atoms with E-state index < -0.39 is 6.10 Å². The summed E-state index contributed by atoms with van der Waals surface area (Å²) in [4.78, 5) is 2.34. The Morgan fingerprint density at radius 1 is 1.35 bits per heavy atom. The third-order valence-electron chi connectivity index (χ3n) is 4.16. The van der Waals surface area contributed by atoms with Crippen LogP contribution in [0.25, 0.3) is 0 Å². The molecule has 2 aromatic rings. The van der Waals surface area contributed by atoms with E-state index in [9.17, 15) is 5.11 Å². The number of aliphatic hydroxyl groups is 1. The molecule has 3 rings (SSSR count). The van der Waals surface area contributed by atoms with E-state index in [1.54, 1.807) is 35.6 Å². The molecule has 0 aliphatic carbocycles. The van der Waals surface area contributed by atoms with Gasteiger partial charge >= 0.3 is 0 Å². The number of nitriles is 1. The lowest BCUT2D eigenvalue weighted by molar-refractivity contribution is 0.0639. The van der Waals surface area contributed by atoms with Crippen molar-refractivity contribution in [2.24, 2.45) is 0 Å². The van der Waals surface area contributed by atoms with Gasteiger partial charge in [-0.1, -0.05) is 0 Å². The van der Waals surface area contributed by atoms with Gasteiger partial charge < -0.3 is 9.84 Å². The molecule has 1 aromatic carbocycles. The molecular weight excluding hydrogens is 308 g/mol. The fraction of sp³-hybridized carbons (Fsp3) is 0.389. The largest absolute Gasteiger partial charge is 0.491 e. The predicted molar refractivity (Wildman–Crippen MR) is 90.5 cm³/mol. The highest BCUT2D eigenvalue weighted by molar-refractivity contribution is 7.07. The van der Waals surface area contributed by atoms with E-state index in [1.165, 1.54) is 12.0 Å². The van der Waals surface area contributed by atoms with Crippen molar-refractivity contribution < 1.29 is 9.84 Å².